The number of benzene rings is 2. The lowest BCUT2D eigenvalue weighted by Gasteiger charge is -2.14. The van der Waals surface area contributed by atoms with E-state index in [0.717, 1.165) is 11.1 Å². The highest BCUT2D eigenvalue weighted by Crippen LogP contribution is 2.25. The molecule has 0 saturated heterocycles. The summed E-state index contributed by atoms with van der Waals surface area (Å²) >= 11 is 7.62. The summed E-state index contributed by atoms with van der Waals surface area (Å²) in [6.07, 6.45) is -0.944. The quantitative estimate of drug-likeness (QED) is 0.636. The average Bonchev–Trinajstić information content (AvgIpc) is 3.17. The Morgan fingerprint density at radius 1 is 1.12 bits per heavy atom. The van der Waals surface area contributed by atoms with Crippen LogP contribution in [0.4, 0.5) is 0 Å². The normalized spacial score (nSPS) is 12.9. The molecule has 136 valence electrons. The van der Waals surface area contributed by atoms with Crippen LogP contribution in [0.5, 0.6) is 0 Å². The molecule has 2 aromatic carbocycles. The Morgan fingerprint density at radius 2 is 1.85 bits per heavy atom. The molecule has 1 atom stereocenters. The van der Waals surface area contributed by atoms with Gasteiger partial charge in [0.15, 0.2) is 0 Å². The van der Waals surface area contributed by atoms with Crippen molar-refractivity contribution >= 4 is 33.0 Å². The number of sulfonamides is 1. The number of hydrogen-bond acceptors (Lipinski definition) is 4. The summed E-state index contributed by atoms with van der Waals surface area (Å²) in [6.45, 7) is 1.53. The van der Waals surface area contributed by atoms with E-state index < -0.39 is 16.1 Å². The van der Waals surface area contributed by atoms with Crippen LogP contribution >= 0.6 is 22.9 Å². The second-order valence-corrected chi connectivity index (χ2v) is 8.79. The molecule has 0 saturated carbocycles. The van der Waals surface area contributed by atoms with E-state index in [1.807, 2.05) is 29.0 Å². The number of aliphatic hydroxyl groups is 1. The lowest BCUT2D eigenvalue weighted by Crippen LogP contribution is -2.29. The number of hydrogen-bond donors (Lipinski definition) is 2. The first-order valence-electron chi connectivity index (χ1n) is 7.94. The maximum Gasteiger partial charge on any atom is 0.240 e. The number of nitrogens with one attached hydrogen (secondary N) is 1. The van der Waals surface area contributed by atoms with Gasteiger partial charge >= 0.3 is 0 Å². The zero-order valence-electron chi connectivity index (χ0n) is 14.0. The molecule has 0 spiro atoms. The molecule has 4 nitrogen and oxygen atoms in total. The maximum absolute atomic E-state index is 12.5. The van der Waals surface area contributed by atoms with Crippen LogP contribution in [0, 0.1) is 6.92 Å². The monoisotopic (exact) mass is 407 g/mol. The summed E-state index contributed by atoms with van der Waals surface area (Å²) < 4.78 is 27.4. The highest BCUT2D eigenvalue weighted by molar-refractivity contribution is 7.89. The fourth-order valence-electron chi connectivity index (χ4n) is 2.59. The average molecular weight is 408 g/mol. The van der Waals surface area contributed by atoms with Crippen molar-refractivity contribution < 1.29 is 13.5 Å². The van der Waals surface area contributed by atoms with E-state index in [-0.39, 0.29) is 11.4 Å². The van der Waals surface area contributed by atoms with Crippen LogP contribution in [0.3, 0.4) is 0 Å². The standard InChI is InChI=1S/C19H18ClNO3S2/c1-13-17(20)3-2-4-19(13)26(23,24)21-11-18(22)15-7-5-14(6-8-15)16-9-10-25-12-16/h2-10,12,18,21-22H,11H2,1H3/t18-/m1/s1. The number of halogens is 1. The molecule has 1 heterocycles. The van der Waals surface area contributed by atoms with Gasteiger partial charge in [0.2, 0.25) is 10.0 Å². The molecule has 0 aliphatic heterocycles. The molecule has 0 bridgehead atoms. The van der Waals surface area contributed by atoms with Gasteiger partial charge in [-0.05, 0) is 58.1 Å². The first-order valence-corrected chi connectivity index (χ1v) is 10.7. The van der Waals surface area contributed by atoms with Gasteiger partial charge in [0.1, 0.15) is 0 Å². The zero-order chi connectivity index (χ0) is 18.7. The van der Waals surface area contributed by atoms with Crippen LogP contribution in [-0.2, 0) is 10.0 Å². The summed E-state index contributed by atoms with van der Waals surface area (Å²) in [5.74, 6) is 0. The second-order valence-electron chi connectivity index (χ2n) is 5.86. The van der Waals surface area contributed by atoms with Crippen molar-refractivity contribution in [1.82, 2.24) is 4.72 Å². The number of rotatable bonds is 6. The van der Waals surface area contributed by atoms with Crippen molar-refractivity contribution in [1.29, 1.82) is 0 Å². The molecule has 0 fully saturated rings. The van der Waals surface area contributed by atoms with Gasteiger partial charge in [-0.1, -0.05) is 41.9 Å². The molecule has 1 aromatic heterocycles. The van der Waals surface area contributed by atoms with Gasteiger partial charge < -0.3 is 5.11 Å². The summed E-state index contributed by atoms with van der Waals surface area (Å²) in [6, 6.07) is 14.2. The topological polar surface area (TPSA) is 66.4 Å². The van der Waals surface area contributed by atoms with Crippen molar-refractivity contribution in [3.63, 3.8) is 0 Å². The van der Waals surface area contributed by atoms with E-state index in [2.05, 4.69) is 4.72 Å². The van der Waals surface area contributed by atoms with E-state index in [1.165, 1.54) is 6.07 Å². The van der Waals surface area contributed by atoms with Gasteiger partial charge in [0.25, 0.3) is 0 Å². The van der Waals surface area contributed by atoms with E-state index >= 15 is 0 Å². The Bertz CT molecular complexity index is 984. The maximum atomic E-state index is 12.5. The minimum absolute atomic E-state index is 0.116. The SMILES string of the molecule is Cc1c(Cl)cccc1S(=O)(=O)NC[C@@H](O)c1ccc(-c2ccsc2)cc1. The van der Waals surface area contributed by atoms with Crippen LogP contribution in [0.2, 0.25) is 5.02 Å². The summed E-state index contributed by atoms with van der Waals surface area (Å²) in [5, 5.41) is 14.8. The molecular formula is C19H18ClNO3S2. The second kappa shape index (κ2) is 7.90. The molecule has 26 heavy (non-hydrogen) atoms. The van der Waals surface area contributed by atoms with E-state index in [0.29, 0.717) is 16.1 Å². The Kier molecular flexibility index (Phi) is 5.79. The number of aliphatic hydroxyl groups excluding tert-OH is 1. The van der Waals surface area contributed by atoms with Crippen molar-refractivity contribution in [2.45, 2.75) is 17.9 Å². The van der Waals surface area contributed by atoms with Crippen LogP contribution in [0.25, 0.3) is 11.1 Å². The molecule has 3 rings (SSSR count). The van der Waals surface area contributed by atoms with E-state index in [1.54, 1.807) is 42.5 Å². The van der Waals surface area contributed by atoms with Crippen molar-refractivity contribution in [3.8, 4) is 11.1 Å². The van der Waals surface area contributed by atoms with Gasteiger partial charge in [0.05, 0.1) is 11.0 Å². The third-order valence-corrected chi connectivity index (χ3v) is 6.78. The Hall–Kier alpha value is -1.70. The molecule has 3 aromatic rings. The molecule has 0 radical (unpaired) electrons. The van der Waals surface area contributed by atoms with Crippen molar-refractivity contribution in [2.75, 3.05) is 6.54 Å². The van der Waals surface area contributed by atoms with Crippen molar-refractivity contribution in [3.05, 3.63) is 75.4 Å². The summed E-state index contributed by atoms with van der Waals surface area (Å²) in [4.78, 5) is 0.116. The van der Waals surface area contributed by atoms with Crippen LogP contribution < -0.4 is 4.72 Å². The van der Waals surface area contributed by atoms with E-state index in [9.17, 15) is 13.5 Å². The zero-order valence-corrected chi connectivity index (χ0v) is 16.4. The van der Waals surface area contributed by atoms with Crippen LogP contribution in [0.15, 0.2) is 64.2 Å². The molecule has 0 aliphatic carbocycles. The van der Waals surface area contributed by atoms with Gasteiger partial charge in [-0.3, -0.25) is 0 Å². The van der Waals surface area contributed by atoms with Crippen LogP contribution in [0.1, 0.15) is 17.2 Å². The van der Waals surface area contributed by atoms with Gasteiger partial charge in [-0.15, -0.1) is 0 Å². The van der Waals surface area contributed by atoms with Gasteiger partial charge in [0, 0.05) is 11.6 Å². The lowest BCUT2D eigenvalue weighted by atomic mass is 10.0. The highest BCUT2D eigenvalue weighted by atomic mass is 35.5. The molecule has 0 aliphatic rings. The first kappa shape index (κ1) is 19.1. The van der Waals surface area contributed by atoms with E-state index in [4.69, 9.17) is 11.6 Å². The highest BCUT2D eigenvalue weighted by Gasteiger charge is 2.19. The third-order valence-electron chi connectivity index (χ3n) is 4.12. The molecule has 0 unspecified atom stereocenters. The lowest BCUT2D eigenvalue weighted by molar-refractivity contribution is 0.182. The number of thiophene rings is 1. The molecule has 7 heteroatoms. The first-order chi connectivity index (χ1) is 12.4. The Labute approximate surface area is 162 Å². The minimum atomic E-state index is -3.75. The molecule has 2 N–H and O–H groups in total. The fourth-order valence-corrected chi connectivity index (χ4v) is 4.79. The summed E-state index contributed by atoms with van der Waals surface area (Å²) in [7, 11) is -3.75. The predicted molar refractivity (Wildman–Crippen MR) is 106 cm³/mol. The molecule has 0 amide bonds. The fraction of sp³-hybridized carbons (Fsp3) is 0.158. The Morgan fingerprint density at radius 3 is 2.50 bits per heavy atom. The predicted octanol–water partition coefficient (Wildman–Crippen LogP) is 4.39. The largest absolute Gasteiger partial charge is 0.387 e. The smallest absolute Gasteiger partial charge is 0.240 e. The minimum Gasteiger partial charge on any atom is -0.387 e. The van der Waals surface area contributed by atoms with Gasteiger partial charge in [-0.25, -0.2) is 13.1 Å². The van der Waals surface area contributed by atoms with Crippen LogP contribution in [-0.4, -0.2) is 20.1 Å². The van der Waals surface area contributed by atoms with Crippen molar-refractivity contribution in [2.24, 2.45) is 0 Å². The van der Waals surface area contributed by atoms with Gasteiger partial charge in [-0.2, -0.15) is 11.3 Å². The summed E-state index contributed by atoms with van der Waals surface area (Å²) in [5.41, 5.74) is 3.30. The molecular weight excluding hydrogens is 390 g/mol. The Balaban J connectivity index is 1.70. The third kappa shape index (κ3) is 4.16.